The summed E-state index contributed by atoms with van der Waals surface area (Å²) >= 11 is 0. The Kier molecular flexibility index (Phi) is 8.38. The van der Waals surface area contributed by atoms with Gasteiger partial charge < -0.3 is 10.2 Å². The Balaban J connectivity index is 0. The predicted octanol–water partition coefficient (Wildman–Crippen LogP) is 0.414. The molecule has 0 fully saturated rings. The van der Waals surface area contributed by atoms with Gasteiger partial charge in [0.25, 0.3) is 0 Å². The quantitative estimate of drug-likeness (QED) is 0.293. The lowest BCUT2D eigenvalue weighted by Crippen LogP contribution is -1.87. The van der Waals surface area contributed by atoms with Crippen molar-refractivity contribution in [3.63, 3.8) is 0 Å². The number of carbonyl (C=O) groups excluding carboxylic acids is 1. The minimum Gasteiger partial charge on any atom is -0.426 e. The van der Waals surface area contributed by atoms with Crippen LogP contribution in [-0.4, -0.2) is 11.4 Å². The SMILES string of the molecule is CC=C=COC(C)=O.O. The van der Waals surface area contributed by atoms with E-state index < -0.39 is 0 Å². The second-order valence-corrected chi connectivity index (χ2v) is 1.18. The predicted molar refractivity (Wildman–Crippen MR) is 33.7 cm³/mol. The third-order valence-electron chi connectivity index (χ3n) is 0.460. The number of esters is 1. The van der Waals surface area contributed by atoms with Gasteiger partial charge >= 0.3 is 5.97 Å². The van der Waals surface area contributed by atoms with Gasteiger partial charge in [0.05, 0.1) is 0 Å². The molecule has 0 aliphatic heterocycles. The van der Waals surface area contributed by atoms with E-state index in [2.05, 4.69) is 10.5 Å². The molecular weight excluding hydrogens is 120 g/mol. The van der Waals surface area contributed by atoms with Crippen LogP contribution in [0.2, 0.25) is 0 Å². The third kappa shape index (κ3) is 10.9. The molecule has 0 rings (SSSR count). The van der Waals surface area contributed by atoms with Gasteiger partial charge in [-0.15, -0.1) is 0 Å². The lowest BCUT2D eigenvalue weighted by atomic mass is 10.7. The molecule has 3 heteroatoms. The summed E-state index contributed by atoms with van der Waals surface area (Å²) in [6.07, 6.45) is 2.88. The highest BCUT2D eigenvalue weighted by molar-refractivity contribution is 5.66. The molecule has 0 amide bonds. The number of rotatable bonds is 1. The molecule has 0 aliphatic carbocycles. The summed E-state index contributed by atoms with van der Waals surface area (Å²) < 4.78 is 4.38. The summed E-state index contributed by atoms with van der Waals surface area (Å²) in [5, 5.41) is 0. The standard InChI is InChI=1S/C6H8O2.H2O/c1-3-4-5-8-6(2)7;/h3,5H,1-2H3;1H2. The van der Waals surface area contributed by atoms with Gasteiger partial charge in [0.2, 0.25) is 0 Å². The molecule has 0 heterocycles. The van der Waals surface area contributed by atoms with E-state index in [1.54, 1.807) is 13.0 Å². The fraction of sp³-hybridized carbons (Fsp3) is 0.333. The Labute approximate surface area is 53.9 Å². The van der Waals surface area contributed by atoms with Crippen molar-refractivity contribution in [2.24, 2.45) is 0 Å². The fourth-order valence-corrected chi connectivity index (χ4v) is 0.185. The van der Waals surface area contributed by atoms with Gasteiger partial charge in [-0.3, -0.25) is 4.79 Å². The van der Waals surface area contributed by atoms with Crippen LogP contribution >= 0.6 is 0 Å². The fourth-order valence-electron chi connectivity index (χ4n) is 0.185. The van der Waals surface area contributed by atoms with Crippen LogP contribution in [0.1, 0.15) is 13.8 Å². The summed E-state index contributed by atoms with van der Waals surface area (Å²) in [6.45, 7) is 3.13. The van der Waals surface area contributed by atoms with Gasteiger partial charge in [-0.25, -0.2) is 0 Å². The van der Waals surface area contributed by atoms with Crippen LogP contribution in [0.15, 0.2) is 18.1 Å². The van der Waals surface area contributed by atoms with Gasteiger partial charge in [-0.05, 0) is 13.0 Å². The Morgan fingerprint density at radius 1 is 1.67 bits per heavy atom. The largest absolute Gasteiger partial charge is 0.426 e. The molecule has 52 valence electrons. The molecule has 0 saturated heterocycles. The normalized spacial score (nSPS) is 6.00. The van der Waals surface area contributed by atoms with Crippen LogP contribution in [0.25, 0.3) is 0 Å². The molecule has 0 atom stereocenters. The smallest absolute Gasteiger partial charge is 0.308 e. The minimum absolute atomic E-state index is 0. The molecule has 3 nitrogen and oxygen atoms in total. The molecule has 0 spiro atoms. The third-order valence-corrected chi connectivity index (χ3v) is 0.460. The van der Waals surface area contributed by atoms with Gasteiger partial charge in [0.15, 0.2) is 0 Å². The van der Waals surface area contributed by atoms with Crippen molar-refractivity contribution in [3.05, 3.63) is 18.1 Å². The second kappa shape index (κ2) is 6.95. The summed E-state index contributed by atoms with van der Waals surface area (Å²) in [4.78, 5) is 10.0. The molecule has 0 aromatic rings. The van der Waals surface area contributed by atoms with Crippen molar-refractivity contribution in [1.82, 2.24) is 0 Å². The van der Waals surface area contributed by atoms with Gasteiger partial charge in [0, 0.05) is 6.92 Å². The number of hydrogen-bond donors (Lipinski definition) is 0. The summed E-state index contributed by atoms with van der Waals surface area (Å²) in [6, 6.07) is 0. The van der Waals surface area contributed by atoms with Crippen molar-refractivity contribution in [3.8, 4) is 0 Å². The first-order chi connectivity index (χ1) is 3.77. The first-order valence-corrected chi connectivity index (χ1v) is 2.30. The van der Waals surface area contributed by atoms with Crippen molar-refractivity contribution >= 4 is 5.97 Å². The van der Waals surface area contributed by atoms with Gasteiger partial charge in [0.1, 0.15) is 6.26 Å². The molecule has 0 radical (unpaired) electrons. The molecule has 0 aliphatic rings. The van der Waals surface area contributed by atoms with Crippen LogP contribution in [0.5, 0.6) is 0 Å². The Morgan fingerprint density at radius 3 is 2.56 bits per heavy atom. The summed E-state index contributed by atoms with van der Waals surface area (Å²) in [5.41, 5.74) is 2.59. The number of carbonyl (C=O) groups is 1. The first kappa shape index (κ1) is 10.8. The molecule has 0 bridgehead atoms. The highest BCUT2D eigenvalue weighted by atomic mass is 16.5. The first-order valence-electron chi connectivity index (χ1n) is 2.30. The Hall–Kier alpha value is -1.05. The van der Waals surface area contributed by atoms with E-state index in [4.69, 9.17) is 0 Å². The molecule has 0 aromatic carbocycles. The van der Waals surface area contributed by atoms with Crippen LogP contribution in [0.4, 0.5) is 0 Å². The zero-order valence-corrected chi connectivity index (χ0v) is 5.47. The van der Waals surface area contributed by atoms with Gasteiger partial charge in [-0.2, -0.15) is 0 Å². The molecule has 0 saturated carbocycles. The average molecular weight is 130 g/mol. The molecule has 0 aromatic heterocycles. The van der Waals surface area contributed by atoms with E-state index in [1.165, 1.54) is 13.2 Å². The lowest BCUT2D eigenvalue weighted by molar-refractivity contribution is -0.135. The summed E-state index contributed by atoms with van der Waals surface area (Å²) in [5.74, 6) is -0.320. The van der Waals surface area contributed by atoms with Crippen LogP contribution < -0.4 is 0 Å². The van der Waals surface area contributed by atoms with E-state index >= 15 is 0 Å². The Morgan fingerprint density at radius 2 is 2.22 bits per heavy atom. The lowest BCUT2D eigenvalue weighted by Gasteiger charge is -1.83. The maximum absolute atomic E-state index is 10.0. The maximum Gasteiger partial charge on any atom is 0.308 e. The maximum atomic E-state index is 10.0. The van der Waals surface area contributed by atoms with Crippen molar-refractivity contribution < 1.29 is 15.0 Å². The van der Waals surface area contributed by atoms with Gasteiger partial charge in [-0.1, -0.05) is 5.73 Å². The van der Waals surface area contributed by atoms with E-state index in [-0.39, 0.29) is 11.4 Å². The highest BCUT2D eigenvalue weighted by Crippen LogP contribution is 1.74. The van der Waals surface area contributed by atoms with Crippen LogP contribution in [-0.2, 0) is 9.53 Å². The minimum atomic E-state index is -0.320. The average Bonchev–Trinajstić information content (AvgIpc) is 1.66. The zero-order chi connectivity index (χ0) is 6.41. The molecule has 2 N–H and O–H groups in total. The molecule has 9 heavy (non-hydrogen) atoms. The molecule has 0 unspecified atom stereocenters. The second-order valence-electron chi connectivity index (χ2n) is 1.18. The van der Waals surface area contributed by atoms with Crippen molar-refractivity contribution in [2.45, 2.75) is 13.8 Å². The summed E-state index contributed by atoms with van der Waals surface area (Å²) in [7, 11) is 0. The molecular formula is C6H10O3. The van der Waals surface area contributed by atoms with E-state index in [9.17, 15) is 4.79 Å². The highest BCUT2D eigenvalue weighted by Gasteiger charge is 1.80. The monoisotopic (exact) mass is 130 g/mol. The topological polar surface area (TPSA) is 57.8 Å². The number of ether oxygens (including phenoxy) is 1. The van der Waals surface area contributed by atoms with Crippen molar-refractivity contribution in [1.29, 1.82) is 0 Å². The Bertz CT molecular complexity index is 131. The van der Waals surface area contributed by atoms with Crippen molar-refractivity contribution in [2.75, 3.05) is 0 Å². The van der Waals surface area contributed by atoms with Crippen LogP contribution in [0.3, 0.4) is 0 Å². The van der Waals surface area contributed by atoms with E-state index in [0.717, 1.165) is 0 Å². The zero-order valence-electron chi connectivity index (χ0n) is 5.47. The number of hydrogen-bond acceptors (Lipinski definition) is 2. The van der Waals surface area contributed by atoms with Crippen LogP contribution in [0, 0.1) is 0 Å². The number of allylic oxidation sites excluding steroid dienone is 1. The van der Waals surface area contributed by atoms with E-state index in [0.29, 0.717) is 0 Å². The van der Waals surface area contributed by atoms with E-state index in [1.807, 2.05) is 0 Å².